The van der Waals surface area contributed by atoms with E-state index in [0.29, 0.717) is 0 Å². The minimum atomic E-state index is 0.103. The van der Waals surface area contributed by atoms with Crippen LogP contribution in [0.2, 0.25) is 5.15 Å². The molecule has 1 N–H and O–H groups in total. The molecule has 1 aromatic rings. The lowest BCUT2D eigenvalue weighted by Crippen LogP contribution is -1.83. The number of nitrogens with zero attached hydrogens (tertiary/aromatic N) is 1. The molecule has 0 aliphatic rings. The van der Waals surface area contributed by atoms with Gasteiger partial charge in [0.25, 0.3) is 0 Å². The highest BCUT2D eigenvalue weighted by molar-refractivity contribution is 6.30. The molecule has 0 saturated heterocycles. The average molecular weight is 158 g/mol. The van der Waals surface area contributed by atoms with Crippen molar-refractivity contribution < 1.29 is 5.11 Å². The van der Waals surface area contributed by atoms with Crippen LogP contribution in [-0.2, 0) is 6.42 Å². The Morgan fingerprint density at radius 1 is 1.70 bits per heavy atom. The molecule has 10 heavy (non-hydrogen) atoms. The molecule has 0 aromatic carbocycles. The van der Waals surface area contributed by atoms with Gasteiger partial charge >= 0.3 is 0 Å². The molecule has 0 amide bonds. The van der Waals surface area contributed by atoms with Crippen LogP contribution in [0.1, 0.15) is 12.5 Å². The van der Waals surface area contributed by atoms with Gasteiger partial charge in [0.1, 0.15) is 0 Å². The molecule has 1 heterocycles. The number of hydrogen-bond acceptors (Lipinski definition) is 2. The summed E-state index contributed by atoms with van der Waals surface area (Å²) < 4.78 is 0. The van der Waals surface area contributed by atoms with Crippen molar-refractivity contribution in [3.63, 3.8) is 0 Å². The van der Waals surface area contributed by atoms with E-state index in [2.05, 4.69) is 4.98 Å². The number of rotatable bonds is 1. The molecule has 0 unspecified atom stereocenters. The maximum absolute atomic E-state index is 9.20. The van der Waals surface area contributed by atoms with E-state index < -0.39 is 0 Å². The van der Waals surface area contributed by atoms with E-state index >= 15 is 0 Å². The van der Waals surface area contributed by atoms with E-state index in [9.17, 15) is 5.11 Å². The minimum absolute atomic E-state index is 0.103. The van der Waals surface area contributed by atoms with Gasteiger partial charge in [-0.15, -0.1) is 0 Å². The van der Waals surface area contributed by atoms with Crippen molar-refractivity contribution in [2.45, 2.75) is 13.3 Å². The van der Waals surface area contributed by atoms with Gasteiger partial charge in [-0.25, -0.2) is 4.98 Å². The Kier molecular flexibility index (Phi) is 2.12. The van der Waals surface area contributed by atoms with Gasteiger partial charge in [-0.05, 0) is 18.1 Å². The minimum Gasteiger partial charge on any atom is -0.504 e. The molecule has 0 atom stereocenters. The number of aryl methyl sites for hydroxylation is 1. The van der Waals surface area contributed by atoms with E-state index in [0.717, 1.165) is 12.0 Å². The third-order valence-electron chi connectivity index (χ3n) is 1.34. The normalized spacial score (nSPS) is 9.80. The lowest BCUT2D eigenvalue weighted by Gasteiger charge is -1.99. The van der Waals surface area contributed by atoms with Gasteiger partial charge in [0.2, 0.25) is 0 Å². The number of pyridine rings is 1. The monoisotopic (exact) mass is 157 g/mol. The first kappa shape index (κ1) is 7.35. The smallest absolute Gasteiger partial charge is 0.171 e. The summed E-state index contributed by atoms with van der Waals surface area (Å²) in [6.07, 6.45) is 2.36. The maximum Gasteiger partial charge on any atom is 0.171 e. The molecule has 0 aliphatic carbocycles. The number of aromatic hydroxyl groups is 1. The highest BCUT2D eigenvalue weighted by Gasteiger charge is 2.02. The lowest BCUT2D eigenvalue weighted by molar-refractivity contribution is 0.466. The summed E-state index contributed by atoms with van der Waals surface area (Å²) in [5.41, 5.74) is 0.833. The van der Waals surface area contributed by atoms with Crippen LogP contribution < -0.4 is 0 Å². The van der Waals surface area contributed by atoms with Crippen LogP contribution in [0, 0.1) is 0 Å². The standard InChI is InChI=1S/C7H8ClNO/c1-2-5-3-4-9-7(8)6(5)10/h3-4,10H,2H2,1H3. The predicted molar refractivity (Wildman–Crippen MR) is 40.3 cm³/mol. The summed E-state index contributed by atoms with van der Waals surface area (Å²) in [5.74, 6) is 0.103. The molecular formula is C7H8ClNO. The molecule has 1 aromatic heterocycles. The van der Waals surface area contributed by atoms with E-state index in [-0.39, 0.29) is 10.9 Å². The van der Waals surface area contributed by atoms with Gasteiger partial charge in [-0.2, -0.15) is 0 Å². The van der Waals surface area contributed by atoms with Crippen molar-refractivity contribution in [3.05, 3.63) is 23.0 Å². The molecule has 1 rings (SSSR count). The van der Waals surface area contributed by atoms with Crippen molar-refractivity contribution in [2.75, 3.05) is 0 Å². The second-order valence-electron chi connectivity index (χ2n) is 1.96. The molecule has 0 spiro atoms. The molecular weight excluding hydrogens is 150 g/mol. The van der Waals surface area contributed by atoms with E-state index in [1.807, 2.05) is 6.92 Å². The fourth-order valence-corrected chi connectivity index (χ4v) is 0.928. The number of hydrogen-bond donors (Lipinski definition) is 1. The van der Waals surface area contributed by atoms with Crippen LogP contribution in [0.25, 0.3) is 0 Å². The topological polar surface area (TPSA) is 33.1 Å². The summed E-state index contributed by atoms with van der Waals surface area (Å²) in [7, 11) is 0. The van der Waals surface area contributed by atoms with Crippen LogP contribution in [0.5, 0.6) is 5.75 Å². The zero-order valence-electron chi connectivity index (χ0n) is 5.63. The van der Waals surface area contributed by atoms with Gasteiger partial charge in [0.05, 0.1) is 0 Å². The average Bonchev–Trinajstić information content (AvgIpc) is 1.95. The Labute approximate surface area is 64.5 Å². The third-order valence-corrected chi connectivity index (χ3v) is 1.62. The van der Waals surface area contributed by atoms with Gasteiger partial charge in [-0.3, -0.25) is 0 Å². The zero-order valence-corrected chi connectivity index (χ0v) is 6.39. The largest absolute Gasteiger partial charge is 0.504 e. The predicted octanol–water partition coefficient (Wildman–Crippen LogP) is 2.00. The summed E-state index contributed by atoms with van der Waals surface area (Å²) in [4.78, 5) is 3.70. The van der Waals surface area contributed by atoms with Gasteiger partial charge in [0.15, 0.2) is 10.9 Å². The first-order chi connectivity index (χ1) is 4.75. The quantitative estimate of drug-likeness (QED) is 0.633. The molecule has 3 heteroatoms. The van der Waals surface area contributed by atoms with Crippen molar-refractivity contribution >= 4 is 11.6 Å². The van der Waals surface area contributed by atoms with Crippen molar-refractivity contribution in [1.82, 2.24) is 4.98 Å². The summed E-state index contributed by atoms with van der Waals surface area (Å²) in [5, 5.41) is 9.38. The summed E-state index contributed by atoms with van der Waals surface area (Å²) in [6, 6.07) is 1.75. The van der Waals surface area contributed by atoms with Crippen molar-refractivity contribution in [1.29, 1.82) is 0 Å². The van der Waals surface area contributed by atoms with Crippen molar-refractivity contribution in [2.24, 2.45) is 0 Å². The molecule has 2 nitrogen and oxygen atoms in total. The first-order valence-corrected chi connectivity index (χ1v) is 3.46. The highest BCUT2D eigenvalue weighted by atomic mass is 35.5. The Balaban J connectivity index is 3.14. The van der Waals surface area contributed by atoms with E-state index in [4.69, 9.17) is 11.6 Å². The van der Waals surface area contributed by atoms with Crippen LogP contribution in [0.3, 0.4) is 0 Å². The molecule has 0 saturated carbocycles. The molecule has 0 radical (unpaired) electrons. The van der Waals surface area contributed by atoms with Crippen LogP contribution in [0.4, 0.5) is 0 Å². The Morgan fingerprint density at radius 3 is 2.90 bits per heavy atom. The fraction of sp³-hybridized carbons (Fsp3) is 0.286. The zero-order chi connectivity index (χ0) is 7.56. The van der Waals surface area contributed by atoms with E-state index in [1.165, 1.54) is 0 Å². The second kappa shape index (κ2) is 2.88. The molecule has 54 valence electrons. The van der Waals surface area contributed by atoms with Crippen molar-refractivity contribution in [3.8, 4) is 5.75 Å². The van der Waals surface area contributed by atoms with Gasteiger partial charge in [-0.1, -0.05) is 18.5 Å². The van der Waals surface area contributed by atoms with Crippen LogP contribution in [-0.4, -0.2) is 10.1 Å². The molecule has 0 fully saturated rings. The SMILES string of the molecule is CCc1ccnc(Cl)c1O. The summed E-state index contributed by atoms with van der Waals surface area (Å²) >= 11 is 5.53. The Morgan fingerprint density at radius 2 is 2.40 bits per heavy atom. The van der Waals surface area contributed by atoms with Gasteiger partial charge < -0.3 is 5.11 Å². The van der Waals surface area contributed by atoms with E-state index in [1.54, 1.807) is 12.3 Å². The number of halogens is 1. The molecule has 0 bridgehead atoms. The van der Waals surface area contributed by atoms with Gasteiger partial charge in [0, 0.05) is 6.20 Å². The maximum atomic E-state index is 9.20. The van der Waals surface area contributed by atoms with Crippen LogP contribution >= 0.6 is 11.6 Å². The first-order valence-electron chi connectivity index (χ1n) is 3.08. The molecule has 0 aliphatic heterocycles. The Bertz CT molecular complexity index is 237. The second-order valence-corrected chi connectivity index (χ2v) is 2.32. The lowest BCUT2D eigenvalue weighted by atomic mass is 10.2. The Hall–Kier alpha value is -0.760. The highest BCUT2D eigenvalue weighted by Crippen LogP contribution is 2.24. The van der Waals surface area contributed by atoms with Crippen LogP contribution in [0.15, 0.2) is 12.3 Å². The summed E-state index contributed by atoms with van der Waals surface area (Å²) in [6.45, 7) is 1.95. The number of aromatic nitrogens is 1. The third kappa shape index (κ3) is 1.21. The fourth-order valence-electron chi connectivity index (χ4n) is 0.751.